The molecule has 284 valence electrons. The highest BCUT2D eigenvalue weighted by Gasteiger charge is 2.62. The number of fused-ring (bicyclic) bond motifs is 1. The number of carboxylic acids is 1. The number of carboxylic acid groups (broad SMARTS) is 1. The van der Waals surface area contributed by atoms with Gasteiger partial charge in [-0.1, -0.05) is 23.7 Å². The smallest absolute Gasteiger partial charge is 0.490 e. The fourth-order valence-corrected chi connectivity index (χ4v) is 8.14. The van der Waals surface area contributed by atoms with E-state index in [1.165, 1.54) is 32.6 Å². The molecule has 3 aromatic carbocycles. The molecule has 1 unspecified atom stereocenters. The molecule has 2 aliphatic heterocycles. The van der Waals surface area contributed by atoms with Crippen molar-refractivity contribution in [2.24, 2.45) is 0 Å². The Morgan fingerprint density at radius 2 is 1.79 bits per heavy atom. The van der Waals surface area contributed by atoms with Crippen molar-refractivity contribution >= 4 is 39.2 Å². The number of nitrogens with zero attached hydrogens (tertiary/aromatic N) is 3. The van der Waals surface area contributed by atoms with Crippen molar-refractivity contribution < 1.29 is 54.9 Å². The number of anilines is 1. The minimum atomic E-state index is -5.08. The van der Waals surface area contributed by atoms with Crippen LogP contribution in [0.3, 0.4) is 0 Å². The number of methoxy groups -OCH3 is 3. The van der Waals surface area contributed by atoms with E-state index in [-0.39, 0.29) is 10.6 Å². The average Bonchev–Trinajstić information content (AvgIpc) is 3.89. The van der Waals surface area contributed by atoms with E-state index in [2.05, 4.69) is 10.3 Å². The van der Waals surface area contributed by atoms with Crippen LogP contribution in [0.2, 0.25) is 5.02 Å². The highest BCUT2D eigenvalue weighted by molar-refractivity contribution is 7.93. The van der Waals surface area contributed by atoms with Crippen LogP contribution >= 0.6 is 11.6 Å². The largest absolute Gasteiger partial charge is 0.497 e. The normalized spacial score (nSPS) is 18.7. The van der Waals surface area contributed by atoms with Crippen molar-refractivity contribution in [1.29, 1.82) is 0 Å². The predicted octanol–water partition coefficient (Wildman–Crippen LogP) is 5.53. The van der Waals surface area contributed by atoms with Crippen molar-refractivity contribution in [3.05, 3.63) is 101 Å². The zero-order chi connectivity index (χ0) is 38.6. The minimum Gasteiger partial charge on any atom is -0.497 e. The minimum absolute atomic E-state index is 0.0616. The molecule has 2 N–H and O–H groups in total. The molecule has 13 nitrogen and oxygen atoms in total. The quantitative estimate of drug-likeness (QED) is 0.173. The monoisotopic (exact) mass is 780 g/mol. The van der Waals surface area contributed by atoms with Gasteiger partial charge >= 0.3 is 12.1 Å². The number of hydrogen-bond donors (Lipinski definition) is 2. The summed E-state index contributed by atoms with van der Waals surface area (Å²) in [5.74, 6) is -2.09. The molecule has 0 spiro atoms. The molecule has 0 radical (unpaired) electrons. The maximum atomic E-state index is 15.3. The van der Waals surface area contributed by atoms with Crippen LogP contribution in [0.4, 0.5) is 18.9 Å². The molecule has 2 aliphatic rings. The first kappa shape index (κ1) is 39.5. The molecule has 1 fully saturated rings. The first-order valence-electron chi connectivity index (χ1n) is 16.1. The van der Waals surface area contributed by atoms with Crippen LogP contribution in [0.25, 0.3) is 0 Å². The standard InChI is InChI=1S/C33H35ClN4O7S.C2HF3O2/c1-42-17-14-35-21-22-6-12-26(30(19-22)44-3)33(37-16-4-5-29(37)31-36-15-18-45-31)27-20-23(34)7-13-28(27)38(32(33)39)46(40,41)25-10-8-24(43-2)9-11-25;3-2(4,5)1(6)7/h6-13,15,18-20,29,35H,4-5,14,16-17,21H2,1-3H3;(H,6,7)/t29-,33?;/m0./s1. The number of aliphatic carboxylic acids is 1. The molecule has 1 saturated heterocycles. The highest BCUT2D eigenvalue weighted by atomic mass is 35.5. The summed E-state index contributed by atoms with van der Waals surface area (Å²) in [6.07, 6.45) is -0.675. The van der Waals surface area contributed by atoms with E-state index in [4.69, 9.17) is 40.1 Å². The van der Waals surface area contributed by atoms with Gasteiger partial charge in [-0.3, -0.25) is 9.69 Å². The van der Waals surface area contributed by atoms with Crippen molar-refractivity contribution in [1.82, 2.24) is 15.2 Å². The number of benzene rings is 3. The number of carbonyl (C=O) groups is 2. The molecule has 1 amide bonds. The molecular weight excluding hydrogens is 745 g/mol. The van der Waals surface area contributed by atoms with Crippen molar-refractivity contribution in [3.63, 3.8) is 0 Å². The first-order valence-corrected chi connectivity index (χ1v) is 17.9. The summed E-state index contributed by atoms with van der Waals surface area (Å²) in [5.41, 5.74) is 0.357. The second kappa shape index (κ2) is 16.1. The molecule has 53 heavy (non-hydrogen) atoms. The third-order valence-electron chi connectivity index (χ3n) is 8.79. The number of sulfonamides is 1. The van der Waals surface area contributed by atoms with Crippen molar-refractivity contribution in [2.75, 3.05) is 45.3 Å². The summed E-state index contributed by atoms with van der Waals surface area (Å²) in [7, 11) is 0.268. The number of carbonyl (C=O) groups excluding carboxylic acids is 1. The lowest BCUT2D eigenvalue weighted by Gasteiger charge is -2.41. The van der Waals surface area contributed by atoms with Gasteiger partial charge in [0, 0.05) is 42.9 Å². The highest BCUT2D eigenvalue weighted by Crippen LogP contribution is 2.56. The number of hydrogen-bond acceptors (Lipinski definition) is 11. The second-order valence-electron chi connectivity index (χ2n) is 11.9. The van der Waals surface area contributed by atoms with Gasteiger partial charge < -0.3 is 29.1 Å². The number of nitrogens with one attached hydrogen (secondary N) is 1. The Labute approximate surface area is 308 Å². The molecule has 3 heterocycles. The molecule has 6 rings (SSSR count). The third-order valence-corrected chi connectivity index (χ3v) is 10.7. The summed E-state index contributed by atoms with van der Waals surface area (Å²) in [6, 6.07) is 16.0. The summed E-state index contributed by atoms with van der Waals surface area (Å²) in [5, 5.41) is 10.8. The van der Waals surface area contributed by atoms with Gasteiger partial charge in [0.25, 0.3) is 15.9 Å². The molecular formula is C35H36ClF3N4O9S. The zero-order valence-electron chi connectivity index (χ0n) is 28.7. The Morgan fingerprint density at radius 3 is 2.40 bits per heavy atom. The Bertz CT molecular complexity index is 2030. The van der Waals surface area contributed by atoms with Gasteiger partial charge in [0.1, 0.15) is 17.8 Å². The number of aromatic nitrogens is 1. The first-order chi connectivity index (χ1) is 25.2. The van der Waals surface area contributed by atoms with Crippen LogP contribution in [0, 0.1) is 0 Å². The van der Waals surface area contributed by atoms with Gasteiger partial charge in [0.05, 0.1) is 43.6 Å². The Hall–Kier alpha value is -4.68. The van der Waals surface area contributed by atoms with Gasteiger partial charge in [-0.25, -0.2) is 22.5 Å². The molecule has 2 atom stereocenters. The van der Waals surface area contributed by atoms with Gasteiger partial charge in [-0.05, 0) is 66.9 Å². The van der Waals surface area contributed by atoms with Crippen LogP contribution < -0.4 is 19.1 Å². The molecule has 0 saturated carbocycles. The van der Waals surface area contributed by atoms with Gasteiger partial charge in [0.15, 0.2) is 5.54 Å². The topological polar surface area (TPSA) is 161 Å². The average molecular weight is 781 g/mol. The van der Waals surface area contributed by atoms with E-state index < -0.39 is 39.7 Å². The lowest BCUT2D eigenvalue weighted by atomic mass is 9.80. The van der Waals surface area contributed by atoms with Crippen LogP contribution in [0.5, 0.6) is 11.5 Å². The van der Waals surface area contributed by atoms with Crippen LogP contribution in [0.1, 0.15) is 41.5 Å². The van der Waals surface area contributed by atoms with E-state index in [0.29, 0.717) is 72.6 Å². The van der Waals surface area contributed by atoms with E-state index in [0.717, 1.165) is 9.87 Å². The summed E-state index contributed by atoms with van der Waals surface area (Å²) in [6.45, 7) is 2.19. The second-order valence-corrected chi connectivity index (χ2v) is 14.1. The van der Waals surface area contributed by atoms with Crippen molar-refractivity contribution in [2.45, 2.75) is 42.0 Å². The number of oxazole rings is 1. The molecule has 18 heteroatoms. The molecule has 1 aromatic heterocycles. The molecule has 0 bridgehead atoms. The van der Waals surface area contributed by atoms with E-state index in [1.54, 1.807) is 43.6 Å². The number of ether oxygens (including phenoxy) is 3. The van der Waals surface area contributed by atoms with E-state index >= 15 is 4.79 Å². The van der Waals surface area contributed by atoms with Crippen LogP contribution in [0.15, 0.2) is 82.4 Å². The number of rotatable bonds is 12. The van der Waals surface area contributed by atoms with E-state index in [9.17, 15) is 21.6 Å². The lowest BCUT2D eigenvalue weighted by Crippen LogP contribution is -2.54. The maximum absolute atomic E-state index is 15.3. The van der Waals surface area contributed by atoms with Gasteiger partial charge in [-0.2, -0.15) is 13.2 Å². The number of alkyl halides is 3. The van der Waals surface area contributed by atoms with Gasteiger partial charge in [-0.15, -0.1) is 0 Å². The lowest BCUT2D eigenvalue weighted by molar-refractivity contribution is -0.192. The number of amides is 1. The SMILES string of the molecule is COCCNCc1ccc(C2(N3CCC[C@H]3c3ncco3)C(=O)N(S(=O)(=O)c3ccc(OC)cc3)c3ccc(Cl)cc32)c(OC)c1.O=C(O)C(F)(F)F. The van der Waals surface area contributed by atoms with E-state index in [1.807, 2.05) is 23.1 Å². The Morgan fingerprint density at radius 1 is 1.08 bits per heavy atom. The summed E-state index contributed by atoms with van der Waals surface area (Å²) < 4.78 is 83.7. The Balaban J connectivity index is 0.000000705. The van der Waals surface area contributed by atoms with Crippen molar-refractivity contribution in [3.8, 4) is 11.5 Å². The Kier molecular flexibility index (Phi) is 12.0. The van der Waals surface area contributed by atoms with Crippen LogP contribution in [-0.2, 0) is 36.4 Å². The number of likely N-dealkylation sites (tertiary alicyclic amines) is 1. The fourth-order valence-electron chi connectivity index (χ4n) is 6.51. The molecule has 4 aromatic rings. The number of halogens is 4. The summed E-state index contributed by atoms with van der Waals surface area (Å²) in [4.78, 5) is 30.6. The predicted molar refractivity (Wildman–Crippen MR) is 185 cm³/mol. The molecule has 0 aliphatic carbocycles. The maximum Gasteiger partial charge on any atom is 0.490 e. The summed E-state index contributed by atoms with van der Waals surface area (Å²) >= 11 is 6.63. The van der Waals surface area contributed by atoms with Crippen LogP contribution in [-0.4, -0.2) is 82.5 Å². The fraction of sp³-hybridized carbons (Fsp3) is 0.343. The third kappa shape index (κ3) is 7.70. The zero-order valence-corrected chi connectivity index (χ0v) is 30.3. The van der Waals surface area contributed by atoms with Gasteiger partial charge in [0.2, 0.25) is 5.89 Å².